The van der Waals surface area contributed by atoms with Crippen molar-refractivity contribution in [1.82, 2.24) is 20.6 Å². The number of carbonyl (C=O) groups excluding carboxylic acids is 2. The minimum Gasteiger partial charge on any atom is -0.340 e. The van der Waals surface area contributed by atoms with Crippen LogP contribution in [0.25, 0.3) is 10.9 Å². The number of nitrogens with one attached hydrogen (secondary N) is 3. The first-order valence-corrected chi connectivity index (χ1v) is 12.7. The number of sulfone groups is 1. The summed E-state index contributed by atoms with van der Waals surface area (Å²) in [5.74, 6) is -0.0432. The molecule has 32 heavy (non-hydrogen) atoms. The molecule has 1 aliphatic heterocycles. The lowest BCUT2D eigenvalue weighted by Crippen LogP contribution is -2.45. The molecule has 1 aliphatic rings. The van der Waals surface area contributed by atoms with E-state index >= 15 is 0 Å². The Morgan fingerprint density at radius 3 is 2.53 bits per heavy atom. The number of anilines is 2. The number of nitrogens with zero attached hydrogens (tertiary/aromatic N) is 2. The number of carbonyl (C=O) groups is 2. The fourth-order valence-electron chi connectivity index (χ4n) is 3.30. The molecule has 1 aromatic heterocycles. The fourth-order valence-corrected chi connectivity index (χ4v) is 5.62. The minimum atomic E-state index is -3.11. The van der Waals surface area contributed by atoms with Gasteiger partial charge in [0.05, 0.1) is 22.8 Å². The van der Waals surface area contributed by atoms with Crippen LogP contribution in [0.15, 0.2) is 59.8 Å². The molecule has 166 valence electrons. The Hall–Kier alpha value is -3.18. The molecule has 1 fully saturated rings. The van der Waals surface area contributed by atoms with E-state index in [2.05, 4.69) is 25.9 Å². The van der Waals surface area contributed by atoms with Gasteiger partial charge in [-0.3, -0.25) is 10.1 Å². The van der Waals surface area contributed by atoms with Gasteiger partial charge in [0, 0.05) is 17.1 Å². The number of hydrogen-bond donors (Lipinski definition) is 3. The van der Waals surface area contributed by atoms with Gasteiger partial charge in [-0.1, -0.05) is 42.1 Å². The summed E-state index contributed by atoms with van der Waals surface area (Å²) >= 11 is 1.10. The number of benzene rings is 2. The van der Waals surface area contributed by atoms with E-state index < -0.39 is 27.8 Å². The largest absolute Gasteiger partial charge is 0.340 e. The molecule has 3 amide bonds. The van der Waals surface area contributed by atoms with Crippen LogP contribution < -0.4 is 16.0 Å². The monoisotopic (exact) mass is 471 g/mol. The van der Waals surface area contributed by atoms with Crippen LogP contribution in [0.2, 0.25) is 0 Å². The summed E-state index contributed by atoms with van der Waals surface area (Å²) in [7, 11) is -3.11. The molecule has 0 unspecified atom stereocenters. The number of rotatable bonds is 6. The third-order valence-electron chi connectivity index (χ3n) is 4.77. The molecule has 0 saturated carbocycles. The van der Waals surface area contributed by atoms with Crippen molar-refractivity contribution in [2.75, 3.05) is 22.6 Å². The van der Waals surface area contributed by atoms with Crippen molar-refractivity contribution < 1.29 is 18.0 Å². The molecule has 0 bridgehead atoms. The molecule has 9 nitrogen and oxygen atoms in total. The lowest BCUT2D eigenvalue weighted by atomic mass is 10.2. The highest BCUT2D eigenvalue weighted by atomic mass is 32.2. The zero-order valence-corrected chi connectivity index (χ0v) is 18.6. The number of aromatic nitrogens is 2. The Morgan fingerprint density at radius 2 is 1.78 bits per heavy atom. The van der Waals surface area contributed by atoms with Gasteiger partial charge in [0.2, 0.25) is 5.91 Å². The van der Waals surface area contributed by atoms with Crippen LogP contribution in [0.3, 0.4) is 0 Å². The van der Waals surface area contributed by atoms with Crippen LogP contribution in [-0.4, -0.2) is 53.6 Å². The van der Waals surface area contributed by atoms with Crippen LogP contribution in [0.1, 0.15) is 6.42 Å². The van der Waals surface area contributed by atoms with E-state index in [1.54, 1.807) is 0 Å². The van der Waals surface area contributed by atoms with Gasteiger partial charge in [-0.05, 0) is 30.7 Å². The minimum absolute atomic E-state index is 0.0421. The predicted octanol–water partition coefficient (Wildman–Crippen LogP) is 2.48. The van der Waals surface area contributed by atoms with Gasteiger partial charge in [-0.2, -0.15) is 0 Å². The second-order valence-corrected chi connectivity index (χ2v) is 10.4. The third kappa shape index (κ3) is 5.74. The predicted molar refractivity (Wildman–Crippen MR) is 124 cm³/mol. The normalized spacial score (nSPS) is 17.1. The van der Waals surface area contributed by atoms with E-state index in [4.69, 9.17) is 0 Å². The van der Waals surface area contributed by atoms with Crippen molar-refractivity contribution in [3.8, 4) is 0 Å². The molecule has 1 atom stereocenters. The lowest BCUT2D eigenvalue weighted by molar-refractivity contribution is -0.117. The highest BCUT2D eigenvalue weighted by molar-refractivity contribution is 7.99. The van der Waals surface area contributed by atoms with Crippen molar-refractivity contribution in [1.29, 1.82) is 0 Å². The molecule has 3 N–H and O–H groups in total. The number of urea groups is 1. The van der Waals surface area contributed by atoms with Gasteiger partial charge in [-0.15, -0.1) is 0 Å². The van der Waals surface area contributed by atoms with E-state index in [1.807, 2.05) is 54.6 Å². The molecule has 0 aliphatic carbocycles. The van der Waals surface area contributed by atoms with Crippen LogP contribution >= 0.6 is 11.8 Å². The van der Waals surface area contributed by atoms with Gasteiger partial charge in [0.25, 0.3) is 0 Å². The number of imide groups is 1. The van der Waals surface area contributed by atoms with Crippen LogP contribution in [0.4, 0.5) is 16.3 Å². The topological polar surface area (TPSA) is 130 Å². The van der Waals surface area contributed by atoms with Crippen LogP contribution in [0, 0.1) is 0 Å². The van der Waals surface area contributed by atoms with Crippen molar-refractivity contribution in [2.45, 2.75) is 17.6 Å². The molecular weight excluding hydrogens is 450 g/mol. The summed E-state index contributed by atoms with van der Waals surface area (Å²) in [6.45, 7) is 0. The zero-order chi connectivity index (χ0) is 22.6. The van der Waals surface area contributed by atoms with E-state index in [9.17, 15) is 18.0 Å². The Labute approximate surface area is 189 Å². The van der Waals surface area contributed by atoms with Gasteiger partial charge in [0.1, 0.15) is 5.82 Å². The van der Waals surface area contributed by atoms with Gasteiger partial charge >= 0.3 is 6.03 Å². The maximum atomic E-state index is 12.2. The Morgan fingerprint density at radius 1 is 1.03 bits per heavy atom. The highest BCUT2D eigenvalue weighted by Crippen LogP contribution is 2.26. The van der Waals surface area contributed by atoms with Crippen LogP contribution in [0.5, 0.6) is 0 Å². The maximum Gasteiger partial charge on any atom is 0.321 e. The van der Waals surface area contributed by atoms with Crippen molar-refractivity contribution in [3.05, 3.63) is 54.6 Å². The Balaban J connectivity index is 1.39. The second-order valence-electron chi connectivity index (χ2n) is 7.27. The summed E-state index contributed by atoms with van der Waals surface area (Å²) in [5.41, 5.74) is 1.60. The first-order chi connectivity index (χ1) is 15.4. The molecular formula is C21H21N5O4S2. The van der Waals surface area contributed by atoms with Crippen molar-refractivity contribution >= 4 is 55.9 Å². The number of hydrogen-bond acceptors (Lipinski definition) is 8. The lowest BCUT2D eigenvalue weighted by Gasteiger charge is -2.12. The van der Waals surface area contributed by atoms with E-state index in [-0.39, 0.29) is 17.3 Å². The molecule has 4 rings (SSSR count). The summed E-state index contributed by atoms with van der Waals surface area (Å²) in [6.07, 6.45) is 0.348. The number of fused-ring (bicyclic) bond motifs is 1. The second kappa shape index (κ2) is 9.53. The van der Waals surface area contributed by atoms with E-state index in [1.165, 1.54) is 0 Å². The molecule has 2 aromatic carbocycles. The molecule has 11 heteroatoms. The molecule has 3 aromatic rings. The van der Waals surface area contributed by atoms with E-state index in [0.29, 0.717) is 17.4 Å². The first kappa shape index (κ1) is 22.0. The Bertz CT molecular complexity index is 1250. The molecule has 1 saturated heterocycles. The van der Waals surface area contributed by atoms with Crippen molar-refractivity contribution in [3.63, 3.8) is 0 Å². The van der Waals surface area contributed by atoms with Crippen molar-refractivity contribution in [2.24, 2.45) is 0 Å². The number of amides is 3. The number of para-hydroxylation sites is 2. The smallest absolute Gasteiger partial charge is 0.321 e. The zero-order valence-electron chi connectivity index (χ0n) is 16.9. The van der Waals surface area contributed by atoms with Gasteiger partial charge < -0.3 is 10.6 Å². The maximum absolute atomic E-state index is 12.2. The third-order valence-corrected chi connectivity index (χ3v) is 7.39. The summed E-state index contributed by atoms with van der Waals surface area (Å²) < 4.78 is 23.0. The van der Waals surface area contributed by atoms with Crippen LogP contribution in [-0.2, 0) is 14.6 Å². The quantitative estimate of drug-likeness (QED) is 0.369. The average Bonchev–Trinajstić information content (AvgIpc) is 3.11. The van der Waals surface area contributed by atoms with E-state index in [0.717, 1.165) is 28.4 Å². The summed E-state index contributed by atoms with van der Waals surface area (Å²) in [4.78, 5) is 33.2. The fraction of sp³-hybridized carbons (Fsp3) is 0.238. The SMILES string of the molecule is O=C(CSc1nc(Nc2ccccc2)c2ccccc2n1)NC(=O)N[C@H]1CCS(=O)(=O)C1. The summed E-state index contributed by atoms with van der Waals surface area (Å²) in [5, 5.41) is 9.25. The first-order valence-electron chi connectivity index (χ1n) is 9.90. The average molecular weight is 472 g/mol. The standard InChI is InChI=1S/C21H21N5O4S2/c27-18(25-20(28)23-15-10-11-32(29,30)13-15)12-31-21-24-17-9-5-4-8-16(17)19(26-21)22-14-6-2-1-3-7-14/h1-9,15H,10-13H2,(H,22,24,26)(H2,23,25,27,28)/t15-/m0/s1. The molecule has 2 heterocycles. The van der Waals surface area contributed by atoms with Gasteiger partial charge in [0.15, 0.2) is 15.0 Å². The Kier molecular flexibility index (Phi) is 6.56. The highest BCUT2D eigenvalue weighted by Gasteiger charge is 2.29. The number of thioether (sulfide) groups is 1. The summed E-state index contributed by atoms with van der Waals surface area (Å²) in [6, 6.07) is 16.0. The molecule has 0 spiro atoms. The molecule has 0 radical (unpaired) electrons. The van der Waals surface area contributed by atoms with Gasteiger partial charge in [-0.25, -0.2) is 23.2 Å².